The molecule has 1 atom stereocenters. The maximum absolute atomic E-state index is 5.81. The highest BCUT2D eigenvalue weighted by Gasteiger charge is 2.21. The van der Waals surface area contributed by atoms with Crippen LogP contribution >= 0.6 is 0 Å². The summed E-state index contributed by atoms with van der Waals surface area (Å²) < 4.78 is 5.15. The van der Waals surface area contributed by atoms with Crippen molar-refractivity contribution >= 4 is 5.69 Å². The summed E-state index contributed by atoms with van der Waals surface area (Å²) >= 11 is 0. The van der Waals surface area contributed by atoms with Crippen molar-refractivity contribution in [3.05, 3.63) is 18.3 Å². The second kappa shape index (κ2) is 5.16. The zero-order chi connectivity index (χ0) is 11.4. The number of pyridine rings is 1. The van der Waals surface area contributed by atoms with Gasteiger partial charge in [-0.05, 0) is 25.3 Å². The Morgan fingerprint density at radius 1 is 1.56 bits per heavy atom. The average molecular weight is 221 g/mol. The molecular weight excluding hydrogens is 202 g/mol. The van der Waals surface area contributed by atoms with E-state index in [1.807, 2.05) is 12.1 Å². The number of ether oxygens (including phenoxy) is 1. The van der Waals surface area contributed by atoms with Crippen LogP contribution in [0.2, 0.25) is 0 Å². The first kappa shape index (κ1) is 11.2. The molecule has 0 amide bonds. The van der Waals surface area contributed by atoms with E-state index in [1.165, 1.54) is 24.9 Å². The highest BCUT2D eigenvalue weighted by atomic mass is 16.5. The predicted molar refractivity (Wildman–Crippen MR) is 64.8 cm³/mol. The first-order valence-corrected chi connectivity index (χ1v) is 5.82. The molecule has 1 aromatic rings. The lowest BCUT2D eigenvalue weighted by atomic mass is 10.0. The van der Waals surface area contributed by atoms with Gasteiger partial charge in [-0.1, -0.05) is 0 Å². The lowest BCUT2D eigenvalue weighted by Gasteiger charge is -2.36. The molecule has 1 aliphatic rings. The summed E-state index contributed by atoms with van der Waals surface area (Å²) in [5, 5.41) is 0. The van der Waals surface area contributed by atoms with E-state index in [1.54, 1.807) is 13.3 Å². The number of piperidine rings is 1. The van der Waals surface area contributed by atoms with Crippen LogP contribution in [0.5, 0.6) is 5.88 Å². The van der Waals surface area contributed by atoms with Crippen LogP contribution in [0, 0.1) is 0 Å². The van der Waals surface area contributed by atoms with Gasteiger partial charge in [0.15, 0.2) is 0 Å². The van der Waals surface area contributed by atoms with Crippen LogP contribution in [0.15, 0.2) is 18.3 Å². The Labute approximate surface area is 96.4 Å². The summed E-state index contributed by atoms with van der Waals surface area (Å²) in [6.45, 7) is 1.79. The van der Waals surface area contributed by atoms with E-state index < -0.39 is 0 Å². The third-order valence-corrected chi connectivity index (χ3v) is 3.16. The zero-order valence-corrected chi connectivity index (χ0v) is 9.72. The molecule has 0 saturated carbocycles. The minimum absolute atomic E-state index is 0.459. The Morgan fingerprint density at radius 3 is 3.19 bits per heavy atom. The van der Waals surface area contributed by atoms with E-state index in [4.69, 9.17) is 10.5 Å². The summed E-state index contributed by atoms with van der Waals surface area (Å²) in [6.07, 6.45) is 5.49. The van der Waals surface area contributed by atoms with Gasteiger partial charge in [-0.25, -0.2) is 4.98 Å². The van der Waals surface area contributed by atoms with Crippen molar-refractivity contribution in [2.75, 3.05) is 25.1 Å². The van der Waals surface area contributed by atoms with E-state index in [-0.39, 0.29) is 0 Å². The van der Waals surface area contributed by atoms with Gasteiger partial charge in [-0.15, -0.1) is 0 Å². The van der Waals surface area contributed by atoms with Gasteiger partial charge in [-0.2, -0.15) is 0 Å². The van der Waals surface area contributed by atoms with Gasteiger partial charge < -0.3 is 15.4 Å². The van der Waals surface area contributed by atoms with E-state index in [9.17, 15) is 0 Å². The van der Waals surface area contributed by atoms with E-state index in [2.05, 4.69) is 9.88 Å². The van der Waals surface area contributed by atoms with Crippen LogP contribution < -0.4 is 15.4 Å². The number of nitrogens with two attached hydrogens (primary N) is 1. The Balaban J connectivity index is 2.20. The lowest BCUT2D eigenvalue weighted by Crippen LogP contribution is -2.44. The molecule has 1 aromatic heterocycles. The van der Waals surface area contributed by atoms with Crippen molar-refractivity contribution in [2.45, 2.75) is 25.3 Å². The van der Waals surface area contributed by atoms with Crippen molar-refractivity contribution < 1.29 is 4.74 Å². The molecule has 0 radical (unpaired) electrons. The summed E-state index contributed by atoms with van der Waals surface area (Å²) in [4.78, 5) is 6.49. The Morgan fingerprint density at radius 2 is 2.44 bits per heavy atom. The maximum Gasteiger partial charge on any atom is 0.214 e. The highest BCUT2D eigenvalue weighted by Crippen LogP contribution is 2.25. The van der Waals surface area contributed by atoms with Gasteiger partial charge in [-0.3, -0.25) is 0 Å². The minimum Gasteiger partial charge on any atom is -0.481 e. The van der Waals surface area contributed by atoms with E-state index >= 15 is 0 Å². The molecule has 0 bridgehead atoms. The molecule has 1 saturated heterocycles. The molecule has 0 aliphatic carbocycles. The monoisotopic (exact) mass is 221 g/mol. The van der Waals surface area contributed by atoms with Crippen molar-refractivity contribution in [3.8, 4) is 5.88 Å². The van der Waals surface area contributed by atoms with Gasteiger partial charge in [0.05, 0.1) is 7.11 Å². The van der Waals surface area contributed by atoms with Crippen LogP contribution in [-0.2, 0) is 0 Å². The number of anilines is 1. The van der Waals surface area contributed by atoms with Gasteiger partial charge in [0, 0.05) is 37.1 Å². The van der Waals surface area contributed by atoms with Crippen molar-refractivity contribution in [1.82, 2.24) is 4.98 Å². The molecule has 2 rings (SSSR count). The second-order valence-electron chi connectivity index (χ2n) is 4.14. The van der Waals surface area contributed by atoms with Gasteiger partial charge >= 0.3 is 0 Å². The SMILES string of the molecule is COc1cc(N2CCCCC2CN)ccn1. The fraction of sp³-hybridized carbons (Fsp3) is 0.583. The first-order chi connectivity index (χ1) is 7.85. The normalized spacial score (nSPS) is 20.9. The van der Waals surface area contributed by atoms with Gasteiger partial charge in [0.1, 0.15) is 0 Å². The molecule has 4 nitrogen and oxygen atoms in total. The first-order valence-electron chi connectivity index (χ1n) is 5.82. The summed E-state index contributed by atoms with van der Waals surface area (Å²) in [7, 11) is 1.64. The Kier molecular flexibility index (Phi) is 3.62. The van der Waals surface area contributed by atoms with E-state index in [0.717, 1.165) is 6.54 Å². The molecular formula is C12H19N3O. The zero-order valence-electron chi connectivity index (χ0n) is 9.72. The molecule has 1 aliphatic heterocycles. The van der Waals surface area contributed by atoms with Crippen LogP contribution in [0.1, 0.15) is 19.3 Å². The number of methoxy groups -OCH3 is 1. The molecule has 4 heteroatoms. The molecule has 88 valence electrons. The predicted octanol–water partition coefficient (Wildman–Crippen LogP) is 1.41. The Hall–Kier alpha value is -1.29. The Bertz CT molecular complexity index is 343. The van der Waals surface area contributed by atoms with Crippen LogP contribution in [0.3, 0.4) is 0 Å². The number of hydrogen-bond donors (Lipinski definition) is 1. The average Bonchev–Trinajstić information content (AvgIpc) is 2.38. The molecule has 1 fully saturated rings. The third-order valence-electron chi connectivity index (χ3n) is 3.16. The number of nitrogens with zero attached hydrogens (tertiary/aromatic N) is 2. The van der Waals surface area contributed by atoms with Crippen molar-refractivity contribution in [3.63, 3.8) is 0 Å². The number of rotatable bonds is 3. The summed E-state index contributed by atoms with van der Waals surface area (Å²) in [5.74, 6) is 0.666. The standard InChI is InChI=1S/C12H19N3O/c1-16-12-8-10(5-6-14-12)15-7-3-2-4-11(15)9-13/h5-6,8,11H,2-4,7,9,13H2,1H3. The summed E-state index contributed by atoms with van der Waals surface area (Å²) in [5.41, 5.74) is 6.98. The van der Waals surface area contributed by atoms with E-state index in [0.29, 0.717) is 18.5 Å². The second-order valence-corrected chi connectivity index (χ2v) is 4.14. The molecule has 0 aromatic carbocycles. The molecule has 2 heterocycles. The maximum atomic E-state index is 5.81. The van der Waals surface area contributed by atoms with Crippen LogP contribution in [0.25, 0.3) is 0 Å². The molecule has 2 N–H and O–H groups in total. The van der Waals surface area contributed by atoms with Crippen LogP contribution in [-0.4, -0.2) is 31.2 Å². The molecule has 0 spiro atoms. The smallest absolute Gasteiger partial charge is 0.214 e. The fourth-order valence-electron chi connectivity index (χ4n) is 2.27. The van der Waals surface area contributed by atoms with Crippen molar-refractivity contribution in [2.24, 2.45) is 5.73 Å². The van der Waals surface area contributed by atoms with Crippen molar-refractivity contribution in [1.29, 1.82) is 0 Å². The topological polar surface area (TPSA) is 51.4 Å². The molecule has 16 heavy (non-hydrogen) atoms. The van der Waals surface area contributed by atoms with Gasteiger partial charge in [0.25, 0.3) is 0 Å². The number of hydrogen-bond acceptors (Lipinski definition) is 4. The molecule has 1 unspecified atom stereocenters. The fourth-order valence-corrected chi connectivity index (χ4v) is 2.27. The largest absolute Gasteiger partial charge is 0.481 e. The minimum atomic E-state index is 0.459. The van der Waals surface area contributed by atoms with Crippen LogP contribution in [0.4, 0.5) is 5.69 Å². The summed E-state index contributed by atoms with van der Waals surface area (Å²) in [6, 6.07) is 4.46. The van der Waals surface area contributed by atoms with Gasteiger partial charge in [0.2, 0.25) is 5.88 Å². The highest BCUT2D eigenvalue weighted by molar-refractivity contribution is 5.49. The third kappa shape index (κ3) is 2.27. The lowest BCUT2D eigenvalue weighted by molar-refractivity contribution is 0.397. The quantitative estimate of drug-likeness (QED) is 0.838. The number of aromatic nitrogens is 1.